The van der Waals surface area contributed by atoms with Gasteiger partial charge in [-0.2, -0.15) is 0 Å². The summed E-state index contributed by atoms with van der Waals surface area (Å²) in [5.41, 5.74) is 2.12. The van der Waals surface area contributed by atoms with Crippen LogP contribution in [0.2, 0.25) is 15.1 Å². The Balaban J connectivity index is 1.28. The molecular formula is C25H15BrCl3NO5S. The van der Waals surface area contributed by atoms with Crippen LogP contribution in [0.4, 0.5) is 4.79 Å². The molecule has 0 unspecified atom stereocenters. The molecule has 3 aromatic carbocycles. The van der Waals surface area contributed by atoms with Crippen LogP contribution in [0.3, 0.4) is 0 Å². The number of carbonyl (C=O) groups is 2. The zero-order valence-electron chi connectivity index (χ0n) is 18.2. The smallest absolute Gasteiger partial charge is 0.293 e. The summed E-state index contributed by atoms with van der Waals surface area (Å²) < 4.78 is 17.2. The molecule has 36 heavy (non-hydrogen) atoms. The maximum Gasteiger partial charge on any atom is 0.293 e. The molecule has 0 saturated carbocycles. The fraction of sp³-hybridized carbons (Fsp3) is 0.120. The molecule has 184 valence electrons. The van der Waals surface area contributed by atoms with Gasteiger partial charge >= 0.3 is 0 Å². The van der Waals surface area contributed by atoms with Crippen LogP contribution >= 0.6 is 62.5 Å². The lowest BCUT2D eigenvalue weighted by molar-refractivity contribution is -0.123. The molecule has 2 aliphatic heterocycles. The number of fused-ring (bicyclic) bond motifs is 1. The maximum absolute atomic E-state index is 13.0. The van der Waals surface area contributed by atoms with Crippen LogP contribution in [0.1, 0.15) is 16.7 Å². The molecule has 0 aromatic heterocycles. The van der Waals surface area contributed by atoms with Crippen LogP contribution in [-0.4, -0.2) is 22.8 Å². The van der Waals surface area contributed by atoms with Crippen molar-refractivity contribution in [1.82, 2.24) is 4.90 Å². The molecule has 2 heterocycles. The van der Waals surface area contributed by atoms with Crippen LogP contribution in [0.15, 0.2) is 57.9 Å². The number of rotatable bonds is 6. The molecule has 1 fully saturated rings. The summed E-state index contributed by atoms with van der Waals surface area (Å²) in [5.74, 6) is 1.27. The Bertz CT molecular complexity index is 1430. The molecular weight excluding hydrogens is 613 g/mol. The first-order valence-electron chi connectivity index (χ1n) is 10.5. The average molecular weight is 628 g/mol. The van der Waals surface area contributed by atoms with Crippen LogP contribution < -0.4 is 14.2 Å². The van der Waals surface area contributed by atoms with Crippen molar-refractivity contribution in [1.29, 1.82) is 0 Å². The molecule has 0 aliphatic carbocycles. The fourth-order valence-electron chi connectivity index (χ4n) is 3.56. The minimum absolute atomic E-state index is 0.0290. The van der Waals surface area contributed by atoms with E-state index in [1.54, 1.807) is 48.5 Å². The summed E-state index contributed by atoms with van der Waals surface area (Å²) in [6, 6.07) is 13.9. The van der Waals surface area contributed by atoms with E-state index < -0.39 is 5.91 Å². The minimum Gasteiger partial charge on any atom is -0.488 e. The van der Waals surface area contributed by atoms with Crippen molar-refractivity contribution in [2.24, 2.45) is 0 Å². The molecule has 0 atom stereocenters. The summed E-state index contributed by atoms with van der Waals surface area (Å²) in [7, 11) is 0. The lowest BCUT2D eigenvalue weighted by atomic mass is 10.1. The lowest BCUT2D eigenvalue weighted by Crippen LogP contribution is -2.27. The Morgan fingerprint density at radius 3 is 2.47 bits per heavy atom. The molecule has 11 heteroatoms. The second-order valence-corrected chi connectivity index (χ2v) is 10.9. The van der Waals surface area contributed by atoms with E-state index in [2.05, 4.69) is 15.9 Å². The van der Waals surface area contributed by atoms with E-state index in [4.69, 9.17) is 49.0 Å². The van der Waals surface area contributed by atoms with E-state index in [9.17, 15) is 9.59 Å². The second kappa shape index (κ2) is 10.6. The molecule has 5 rings (SSSR count). The average Bonchev–Trinajstić information content (AvgIpc) is 3.38. The van der Waals surface area contributed by atoms with Crippen LogP contribution in [0, 0.1) is 0 Å². The Morgan fingerprint density at radius 1 is 0.972 bits per heavy atom. The normalized spacial score (nSPS) is 15.8. The summed E-state index contributed by atoms with van der Waals surface area (Å²) in [5, 5.41) is 1.09. The molecule has 3 aromatic rings. The quantitative estimate of drug-likeness (QED) is 0.259. The van der Waals surface area contributed by atoms with Crippen molar-refractivity contribution < 1.29 is 23.8 Å². The number of ether oxygens (including phenoxy) is 3. The van der Waals surface area contributed by atoms with Gasteiger partial charge in [-0.05, 0) is 75.2 Å². The number of benzene rings is 3. The van der Waals surface area contributed by atoms with Gasteiger partial charge in [0.05, 0.1) is 15.9 Å². The van der Waals surface area contributed by atoms with Gasteiger partial charge in [0.25, 0.3) is 11.1 Å². The first kappa shape index (κ1) is 25.3. The van der Waals surface area contributed by atoms with Crippen molar-refractivity contribution in [2.45, 2.75) is 13.2 Å². The Labute approximate surface area is 234 Å². The molecule has 6 nitrogen and oxygen atoms in total. The van der Waals surface area contributed by atoms with Gasteiger partial charge in [-0.15, -0.1) is 0 Å². The summed E-state index contributed by atoms with van der Waals surface area (Å²) in [4.78, 5) is 27.1. The van der Waals surface area contributed by atoms with Crippen molar-refractivity contribution in [2.75, 3.05) is 6.79 Å². The summed E-state index contributed by atoms with van der Waals surface area (Å²) in [6.45, 7) is 0.393. The van der Waals surface area contributed by atoms with Gasteiger partial charge in [0.2, 0.25) is 6.79 Å². The van der Waals surface area contributed by atoms with Gasteiger partial charge in [-0.1, -0.05) is 46.9 Å². The second-order valence-electron chi connectivity index (χ2n) is 7.78. The number of nitrogens with zero attached hydrogens (tertiary/aromatic N) is 1. The van der Waals surface area contributed by atoms with Gasteiger partial charge in [-0.25, -0.2) is 0 Å². The number of halogens is 4. The molecule has 1 saturated heterocycles. The lowest BCUT2D eigenvalue weighted by Gasteiger charge is -2.14. The SMILES string of the molecule is O=C1S/C(=C/c2ccc(OCc3ccc(Cl)cc3Cl)c(Br)c2)C(=O)N1Cc1cc2c(cc1Cl)OCO2. The van der Waals surface area contributed by atoms with E-state index in [-0.39, 0.29) is 25.2 Å². The van der Waals surface area contributed by atoms with Gasteiger partial charge in [0.1, 0.15) is 12.4 Å². The topological polar surface area (TPSA) is 65.1 Å². The number of hydrogen-bond acceptors (Lipinski definition) is 6. The van der Waals surface area contributed by atoms with Crippen molar-refractivity contribution in [3.05, 3.63) is 89.7 Å². The molecule has 2 aliphatic rings. The number of carbonyl (C=O) groups excluding carboxylic acids is 2. The van der Waals surface area contributed by atoms with E-state index in [0.717, 1.165) is 27.8 Å². The third kappa shape index (κ3) is 5.33. The standard InChI is InChI=1S/C25H15BrCl3NO5S/c26-17-5-13(1-4-20(17)33-11-14-2-3-16(27)8-18(14)28)6-23-24(31)30(25(32)36-23)10-15-7-21-22(9-19(15)29)35-12-34-21/h1-9H,10-12H2/b23-6+. The molecule has 0 radical (unpaired) electrons. The summed E-state index contributed by atoms with van der Waals surface area (Å²) in [6.07, 6.45) is 1.66. The van der Waals surface area contributed by atoms with Crippen LogP contribution in [0.5, 0.6) is 17.2 Å². The highest BCUT2D eigenvalue weighted by Crippen LogP contribution is 2.40. The molecule has 0 N–H and O–H groups in total. The highest BCUT2D eigenvalue weighted by Gasteiger charge is 2.35. The number of hydrogen-bond donors (Lipinski definition) is 0. The third-order valence-electron chi connectivity index (χ3n) is 5.40. The highest BCUT2D eigenvalue weighted by molar-refractivity contribution is 9.10. The molecule has 2 amide bonds. The Kier molecular flexibility index (Phi) is 7.42. The Hall–Kier alpha value is -2.36. The van der Waals surface area contributed by atoms with E-state index >= 15 is 0 Å². The largest absolute Gasteiger partial charge is 0.488 e. The maximum atomic E-state index is 13.0. The fourth-order valence-corrected chi connectivity index (χ4v) is 5.58. The highest BCUT2D eigenvalue weighted by atomic mass is 79.9. The van der Waals surface area contributed by atoms with Crippen LogP contribution in [0.25, 0.3) is 6.08 Å². The van der Waals surface area contributed by atoms with Gasteiger partial charge < -0.3 is 14.2 Å². The van der Waals surface area contributed by atoms with Crippen LogP contribution in [-0.2, 0) is 17.9 Å². The van der Waals surface area contributed by atoms with Crippen molar-refractivity contribution >= 4 is 79.7 Å². The van der Waals surface area contributed by atoms with Gasteiger partial charge in [0, 0.05) is 26.7 Å². The predicted molar refractivity (Wildman–Crippen MR) is 144 cm³/mol. The van der Waals surface area contributed by atoms with E-state index in [0.29, 0.717) is 47.3 Å². The number of amides is 2. The molecule has 0 bridgehead atoms. The zero-order chi connectivity index (χ0) is 25.4. The zero-order valence-corrected chi connectivity index (χ0v) is 22.9. The molecule has 0 spiro atoms. The third-order valence-corrected chi connectivity index (χ3v) is 7.86. The van der Waals surface area contributed by atoms with E-state index in [1.165, 1.54) is 0 Å². The monoisotopic (exact) mass is 625 g/mol. The first-order chi connectivity index (χ1) is 17.3. The van der Waals surface area contributed by atoms with E-state index in [1.807, 2.05) is 6.07 Å². The Morgan fingerprint density at radius 2 is 1.72 bits per heavy atom. The summed E-state index contributed by atoms with van der Waals surface area (Å²) >= 11 is 22.8. The minimum atomic E-state index is -0.396. The van der Waals surface area contributed by atoms with Gasteiger partial charge in [-0.3, -0.25) is 14.5 Å². The van der Waals surface area contributed by atoms with Gasteiger partial charge in [0.15, 0.2) is 11.5 Å². The van der Waals surface area contributed by atoms with Crippen molar-refractivity contribution in [3.8, 4) is 17.2 Å². The number of thioether (sulfide) groups is 1. The number of imide groups is 1. The first-order valence-corrected chi connectivity index (χ1v) is 13.2. The van der Waals surface area contributed by atoms with Crippen molar-refractivity contribution in [3.63, 3.8) is 0 Å². The predicted octanol–water partition coefficient (Wildman–Crippen LogP) is 7.95.